The maximum Gasteiger partial charge on any atom is 0.508 e. The topological polar surface area (TPSA) is 71.1 Å². The fraction of sp³-hybridized carbons (Fsp3) is 0.857. The number of carbonyl (C=O) groups excluding carboxylic acids is 2. The van der Waals surface area contributed by atoms with E-state index in [1.807, 2.05) is 13.8 Å². The summed E-state index contributed by atoms with van der Waals surface area (Å²) in [5.74, 6) is 0.288. The molecule has 6 heteroatoms. The average molecular weight is 288 g/mol. The van der Waals surface area contributed by atoms with Crippen molar-refractivity contribution in [2.45, 2.75) is 58.7 Å². The molecule has 0 aromatic heterocycles. The molecule has 0 N–H and O–H groups in total. The minimum atomic E-state index is -0.631. The van der Waals surface area contributed by atoms with Gasteiger partial charge in [0.15, 0.2) is 0 Å². The van der Waals surface area contributed by atoms with Gasteiger partial charge in [-0.1, -0.05) is 13.8 Å². The summed E-state index contributed by atoms with van der Waals surface area (Å²) in [5.41, 5.74) is 0. The minimum Gasteiger partial charge on any atom is -0.435 e. The molecule has 0 unspecified atom stereocenters. The van der Waals surface area contributed by atoms with Crippen molar-refractivity contribution in [1.29, 1.82) is 0 Å². The second kappa shape index (κ2) is 8.66. The number of rotatable bonds is 5. The van der Waals surface area contributed by atoms with Gasteiger partial charge in [0.1, 0.15) is 12.2 Å². The van der Waals surface area contributed by atoms with Crippen LogP contribution in [-0.4, -0.2) is 37.7 Å². The highest BCUT2D eigenvalue weighted by Crippen LogP contribution is 2.24. The molecule has 1 aliphatic carbocycles. The Hall–Kier alpha value is -1.46. The highest BCUT2D eigenvalue weighted by Gasteiger charge is 2.27. The Kier molecular flexibility index (Phi) is 7.18. The van der Waals surface area contributed by atoms with E-state index in [2.05, 4.69) is 0 Å². The summed E-state index contributed by atoms with van der Waals surface area (Å²) < 4.78 is 20.0. The van der Waals surface area contributed by atoms with E-state index in [1.165, 1.54) is 0 Å². The molecule has 0 atom stereocenters. The van der Waals surface area contributed by atoms with Crippen LogP contribution in [0.5, 0.6) is 0 Å². The van der Waals surface area contributed by atoms with E-state index in [1.54, 1.807) is 6.92 Å². The maximum absolute atomic E-state index is 11.4. The van der Waals surface area contributed by atoms with Crippen LogP contribution in [0.15, 0.2) is 0 Å². The van der Waals surface area contributed by atoms with Crippen molar-refractivity contribution in [3.8, 4) is 0 Å². The van der Waals surface area contributed by atoms with Crippen LogP contribution >= 0.6 is 0 Å². The summed E-state index contributed by atoms with van der Waals surface area (Å²) in [6.45, 7) is 6.32. The van der Waals surface area contributed by atoms with Crippen molar-refractivity contribution in [1.82, 2.24) is 0 Å². The smallest absolute Gasteiger partial charge is 0.435 e. The van der Waals surface area contributed by atoms with Gasteiger partial charge in [0.2, 0.25) is 0 Å². The number of hydrogen-bond acceptors (Lipinski definition) is 6. The fourth-order valence-electron chi connectivity index (χ4n) is 1.96. The van der Waals surface area contributed by atoms with Crippen molar-refractivity contribution in [3.63, 3.8) is 0 Å². The van der Waals surface area contributed by atoms with Crippen LogP contribution in [0.4, 0.5) is 9.59 Å². The zero-order valence-corrected chi connectivity index (χ0v) is 12.4. The normalized spacial score (nSPS) is 22.2. The van der Waals surface area contributed by atoms with Gasteiger partial charge in [0.25, 0.3) is 0 Å². The van der Waals surface area contributed by atoms with Crippen molar-refractivity contribution in [2.75, 3.05) is 13.2 Å². The van der Waals surface area contributed by atoms with Crippen molar-refractivity contribution in [3.05, 3.63) is 0 Å². The monoisotopic (exact) mass is 288 g/mol. The highest BCUT2D eigenvalue weighted by molar-refractivity contribution is 5.60. The summed E-state index contributed by atoms with van der Waals surface area (Å²) >= 11 is 0. The number of carbonyl (C=O) groups is 2. The first-order chi connectivity index (χ1) is 9.51. The van der Waals surface area contributed by atoms with Gasteiger partial charge in [-0.25, -0.2) is 9.59 Å². The van der Waals surface area contributed by atoms with Crippen LogP contribution in [-0.2, 0) is 18.9 Å². The molecule has 0 bridgehead atoms. The van der Waals surface area contributed by atoms with E-state index in [-0.39, 0.29) is 18.1 Å². The highest BCUT2D eigenvalue weighted by atomic mass is 16.7. The van der Waals surface area contributed by atoms with E-state index in [9.17, 15) is 9.59 Å². The standard InChI is InChI=1S/C14H24O6/c1-4-17-13(15)19-11-5-7-12(8-6-11)20-14(16)18-9-10(2)3/h10-12H,4-9H2,1-3H3. The van der Waals surface area contributed by atoms with Crippen molar-refractivity contribution in [2.24, 2.45) is 5.92 Å². The quantitative estimate of drug-likeness (QED) is 0.723. The molecule has 0 amide bonds. The first kappa shape index (κ1) is 16.6. The Morgan fingerprint density at radius 1 is 0.950 bits per heavy atom. The minimum absolute atomic E-state index is 0.152. The Morgan fingerprint density at radius 2 is 1.40 bits per heavy atom. The molecule has 0 radical (unpaired) electrons. The van der Waals surface area contributed by atoms with Crippen molar-refractivity contribution < 1.29 is 28.5 Å². The van der Waals surface area contributed by atoms with Crippen LogP contribution in [0.3, 0.4) is 0 Å². The third-order valence-electron chi connectivity index (χ3n) is 2.94. The molecular weight excluding hydrogens is 264 g/mol. The van der Waals surface area contributed by atoms with Crippen LogP contribution < -0.4 is 0 Å². The van der Waals surface area contributed by atoms with Gasteiger partial charge in [-0.15, -0.1) is 0 Å². The lowest BCUT2D eigenvalue weighted by molar-refractivity contribution is -0.0275. The van der Waals surface area contributed by atoms with Crippen LogP contribution in [0, 0.1) is 5.92 Å². The lowest BCUT2D eigenvalue weighted by Gasteiger charge is -2.27. The molecule has 0 aliphatic heterocycles. The van der Waals surface area contributed by atoms with Crippen LogP contribution in [0.25, 0.3) is 0 Å². The predicted molar refractivity (Wildman–Crippen MR) is 71.4 cm³/mol. The summed E-state index contributed by atoms with van der Waals surface area (Å²) in [7, 11) is 0. The van der Waals surface area contributed by atoms with Gasteiger partial charge >= 0.3 is 12.3 Å². The van der Waals surface area contributed by atoms with Gasteiger partial charge in [-0.3, -0.25) is 0 Å². The molecule has 1 aliphatic rings. The molecule has 0 aromatic rings. The van der Waals surface area contributed by atoms with E-state index in [0.717, 1.165) is 0 Å². The molecule has 6 nitrogen and oxygen atoms in total. The summed E-state index contributed by atoms with van der Waals surface area (Å²) in [4.78, 5) is 22.6. The molecule has 0 spiro atoms. The number of hydrogen-bond donors (Lipinski definition) is 0. The second-order valence-electron chi connectivity index (χ2n) is 5.27. The largest absolute Gasteiger partial charge is 0.508 e. The molecule has 116 valence electrons. The Labute approximate surface area is 119 Å². The summed E-state index contributed by atoms with van der Waals surface area (Å²) in [6.07, 6.45) is 1.11. The lowest BCUT2D eigenvalue weighted by Crippen LogP contribution is -2.30. The van der Waals surface area contributed by atoms with Gasteiger partial charge < -0.3 is 18.9 Å². The van der Waals surface area contributed by atoms with E-state index in [4.69, 9.17) is 18.9 Å². The zero-order chi connectivity index (χ0) is 15.0. The van der Waals surface area contributed by atoms with E-state index < -0.39 is 12.3 Å². The Bertz CT molecular complexity index is 307. The Balaban J connectivity index is 2.18. The van der Waals surface area contributed by atoms with Crippen LogP contribution in [0.2, 0.25) is 0 Å². The molecule has 1 rings (SSSR count). The maximum atomic E-state index is 11.4. The van der Waals surface area contributed by atoms with Crippen molar-refractivity contribution >= 4 is 12.3 Å². The predicted octanol–water partition coefficient (Wildman–Crippen LogP) is 3.28. The third-order valence-corrected chi connectivity index (χ3v) is 2.94. The molecule has 0 heterocycles. The molecule has 20 heavy (non-hydrogen) atoms. The van der Waals surface area contributed by atoms with Gasteiger partial charge in [-0.2, -0.15) is 0 Å². The molecule has 0 saturated heterocycles. The summed E-state index contributed by atoms with van der Waals surface area (Å²) in [6, 6.07) is 0. The SMILES string of the molecule is CCOC(=O)OC1CCC(OC(=O)OCC(C)C)CC1. The fourth-order valence-corrected chi connectivity index (χ4v) is 1.96. The first-order valence-electron chi connectivity index (χ1n) is 7.18. The third kappa shape index (κ3) is 6.63. The molecule has 0 aromatic carbocycles. The molecule has 1 fully saturated rings. The first-order valence-corrected chi connectivity index (χ1v) is 7.18. The van der Waals surface area contributed by atoms with Gasteiger partial charge in [0, 0.05) is 0 Å². The Morgan fingerprint density at radius 3 is 1.80 bits per heavy atom. The van der Waals surface area contributed by atoms with E-state index in [0.29, 0.717) is 38.9 Å². The van der Waals surface area contributed by atoms with Gasteiger partial charge in [-0.05, 0) is 38.5 Å². The zero-order valence-electron chi connectivity index (χ0n) is 12.4. The molecular formula is C14H24O6. The van der Waals surface area contributed by atoms with Gasteiger partial charge in [0.05, 0.1) is 13.2 Å². The van der Waals surface area contributed by atoms with E-state index >= 15 is 0 Å². The summed E-state index contributed by atoms with van der Waals surface area (Å²) in [5, 5.41) is 0. The number of ether oxygens (including phenoxy) is 4. The second-order valence-corrected chi connectivity index (χ2v) is 5.27. The van der Waals surface area contributed by atoms with Crippen LogP contribution in [0.1, 0.15) is 46.5 Å². The molecule has 1 saturated carbocycles. The average Bonchev–Trinajstić information content (AvgIpc) is 2.39. The lowest BCUT2D eigenvalue weighted by atomic mass is 9.95.